The number of carbonyl (C=O) groups excluding carboxylic acids is 2. The molecule has 0 spiro atoms. The number of aldehydes is 1. The molecule has 5 heteroatoms. The van der Waals surface area contributed by atoms with Crippen molar-refractivity contribution in [3.63, 3.8) is 0 Å². The number of carbonyl (C=O) groups is 2. The summed E-state index contributed by atoms with van der Waals surface area (Å²) in [5, 5.41) is 0. The van der Waals surface area contributed by atoms with E-state index < -0.39 is 17.7 Å². The molecule has 0 radical (unpaired) electrons. The molecule has 0 unspecified atom stereocenters. The summed E-state index contributed by atoms with van der Waals surface area (Å²) in [6.45, 7) is 0.843. The van der Waals surface area contributed by atoms with Crippen molar-refractivity contribution in [1.82, 2.24) is 0 Å². The smallest absolute Gasteiger partial charge is 0.321 e. The van der Waals surface area contributed by atoms with Crippen LogP contribution in [0.15, 0.2) is 24.3 Å². The van der Waals surface area contributed by atoms with Crippen LogP contribution < -0.4 is 5.73 Å². The summed E-state index contributed by atoms with van der Waals surface area (Å²) in [7, 11) is 0. The molecule has 0 fully saturated rings. The summed E-state index contributed by atoms with van der Waals surface area (Å²) in [6.07, 6.45) is 0.882. The quantitative estimate of drug-likeness (QED) is 0.793. The Morgan fingerprint density at radius 3 is 2.35 bits per heavy atom. The zero-order valence-corrected chi connectivity index (χ0v) is 9.32. The average molecular weight is 241 g/mol. The Bertz CT molecular complexity index is 415. The number of hydrogen-bond acceptors (Lipinski definition) is 3. The summed E-state index contributed by atoms with van der Waals surface area (Å²) in [5.41, 5.74) is 5.73. The molecule has 0 amide bonds. The molecule has 0 heterocycles. The molecule has 2 N–H and O–H groups in total. The first kappa shape index (κ1) is 13.4. The van der Waals surface area contributed by atoms with Gasteiger partial charge in [-0.15, -0.1) is 0 Å². The molecule has 1 aromatic carbocycles. The van der Waals surface area contributed by atoms with Crippen LogP contribution in [0.3, 0.4) is 0 Å². The van der Waals surface area contributed by atoms with Gasteiger partial charge in [0.25, 0.3) is 0 Å². The Hall–Kier alpha value is -1.62. The lowest BCUT2D eigenvalue weighted by Crippen LogP contribution is -2.25. The predicted molar refractivity (Wildman–Crippen MR) is 58.8 cm³/mol. The summed E-state index contributed by atoms with van der Waals surface area (Å²) < 4.78 is 26.6. The predicted octanol–water partition coefficient (Wildman–Crippen LogP) is 1.44. The normalized spacial score (nSPS) is 13.2. The zero-order chi connectivity index (χ0) is 13.1. The molecule has 3 nitrogen and oxygen atoms in total. The van der Waals surface area contributed by atoms with Gasteiger partial charge in [0.15, 0.2) is 0 Å². The number of halogens is 2. The third kappa shape index (κ3) is 3.17. The minimum absolute atomic E-state index is 0.287. The lowest BCUT2D eigenvalue weighted by molar-refractivity contribution is -0.141. The number of Topliss-reactive ketones (excluding diaryl/α,β-unsaturated/α-hetero) is 1. The molecule has 92 valence electrons. The van der Waals surface area contributed by atoms with Crippen molar-refractivity contribution in [3.8, 4) is 0 Å². The van der Waals surface area contributed by atoms with Crippen LogP contribution in [0, 0.1) is 0 Å². The van der Waals surface area contributed by atoms with Crippen LogP contribution in [0.5, 0.6) is 0 Å². The Kier molecular flexibility index (Phi) is 4.07. The van der Waals surface area contributed by atoms with Crippen LogP contribution >= 0.6 is 0 Å². The first-order chi connectivity index (χ1) is 7.87. The molecule has 0 saturated carbocycles. The van der Waals surface area contributed by atoms with Gasteiger partial charge in [-0.25, -0.2) is 0 Å². The SMILES string of the molecule is CC(=O)C(F)(F)c1ccc(C[C@H](N)C=O)cc1. The number of hydrogen-bond donors (Lipinski definition) is 1. The van der Waals surface area contributed by atoms with Crippen molar-refractivity contribution in [2.45, 2.75) is 25.3 Å². The summed E-state index contributed by atoms with van der Waals surface area (Å²) in [6, 6.07) is 4.59. The third-order valence-corrected chi connectivity index (χ3v) is 2.40. The van der Waals surface area contributed by atoms with E-state index in [1.807, 2.05) is 0 Å². The summed E-state index contributed by atoms with van der Waals surface area (Å²) in [5.74, 6) is -4.67. The average Bonchev–Trinajstić information content (AvgIpc) is 2.29. The molecule has 1 aromatic rings. The van der Waals surface area contributed by atoms with Gasteiger partial charge in [-0.3, -0.25) is 4.79 Å². The highest BCUT2D eigenvalue weighted by Crippen LogP contribution is 2.28. The highest BCUT2D eigenvalue weighted by atomic mass is 19.3. The van der Waals surface area contributed by atoms with E-state index >= 15 is 0 Å². The van der Waals surface area contributed by atoms with Crippen LogP contribution in [-0.4, -0.2) is 18.1 Å². The van der Waals surface area contributed by atoms with Crippen molar-refractivity contribution in [3.05, 3.63) is 35.4 Å². The number of nitrogens with two attached hydrogens (primary N) is 1. The van der Waals surface area contributed by atoms with Crippen molar-refractivity contribution >= 4 is 12.1 Å². The van der Waals surface area contributed by atoms with E-state index in [9.17, 15) is 18.4 Å². The Balaban J connectivity index is 2.88. The van der Waals surface area contributed by atoms with E-state index in [2.05, 4.69) is 0 Å². The van der Waals surface area contributed by atoms with Gasteiger partial charge in [0.2, 0.25) is 5.78 Å². The van der Waals surface area contributed by atoms with E-state index in [1.54, 1.807) is 0 Å². The standard InChI is InChI=1S/C12H13F2NO2/c1-8(17)12(13,14)10-4-2-9(3-5-10)6-11(15)7-16/h2-5,7,11H,6,15H2,1H3/t11-/m0/s1. The largest absolute Gasteiger partial charge is 0.330 e. The van der Waals surface area contributed by atoms with E-state index in [1.165, 1.54) is 24.3 Å². The second kappa shape index (κ2) is 5.14. The molecule has 0 bridgehead atoms. The third-order valence-electron chi connectivity index (χ3n) is 2.40. The van der Waals surface area contributed by atoms with Crippen LogP contribution in [-0.2, 0) is 21.9 Å². The Morgan fingerprint density at radius 1 is 1.41 bits per heavy atom. The molecule has 0 saturated heterocycles. The highest BCUT2D eigenvalue weighted by molar-refractivity contribution is 5.84. The van der Waals surface area contributed by atoms with Crippen molar-refractivity contribution in [2.75, 3.05) is 0 Å². The van der Waals surface area contributed by atoms with Gasteiger partial charge in [-0.2, -0.15) is 8.78 Å². The fraction of sp³-hybridized carbons (Fsp3) is 0.333. The van der Waals surface area contributed by atoms with Crippen LogP contribution in [0.25, 0.3) is 0 Å². The lowest BCUT2D eigenvalue weighted by Gasteiger charge is -2.13. The number of ketones is 1. The number of alkyl halides is 2. The molecular formula is C12H13F2NO2. The number of benzene rings is 1. The lowest BCUT2D eigenvalue weighted by atomic mass is 10.0. The number of rotatable bonds is 5. The fourth-order valence-electron chi connectivity index (χ4n) is 1.37. The van der Waals surface area contributed by atoms with E-state index in [-0.39, 0.29) is 12.0 Å². The van der Waals surface area contributed by atoms with Gasteiger partial charge in [0.05, 0.1) is 6.04 Å². The van der Waals surface area contributed by atoms with Gasteiger partial charge in [-0.1, -0.05) is 24.3 Å². The summed E-state index contributed by atoms with van der Waals surface area (Å²) >= 11 is 0. The Labute approximate surface area is 97.6 Å². The molecule has 17 heavy (non-hydrogen) atoms. The fourth-order valence-corrected chi connectivity index (χ4v) is 1.37. The van der Waals surface area contributed by atoms with Crippen LogP contribution in [0.2, 0.25) is 0 Å². The molecule has 0 aliphatic rings. The first-order valence-corrected chi connectivity index (χ1v) is 5.07. The van der Waals surface area contributed by atoms with Crippen molar-refractivity contribution in [1.29, 1.82) is 0 Å². The zero-order valence-electron chi connectivity index (χ0n) is 9.32. The van der Waals surface area contributed by atoms with E-state index in [4.69, 9.17) is 5.73 Å². The second-order valence-electron chi connectivity index (χ2n) is 3.83. The van der Waals surface area contributed by atoms with Gasteiger partial charge >= 0.3 is 5.92 Å². The van der Waals surface area contributed by atoms with Crippen molar-refractivity contribution in [2.24, 2.45) is 5.73 Å². The topological polar surface area (TPSA) is 60.2 Å². The Morgan fingerprint density at radius 2 is 1.94 bits per heavy atom. The van der Waals surface area contributed by atoms with Crippen LogP contribution in [0.1, 0.15) is 18.1 Å². The minimum Gasteiger partial charge on any atom is -0.321 e. The maximum Gasteiger partial charge on any atom is 0.330 e. The molecule has 1 rings (SSSR count). The van der Waals surface area contributed by atoms with Gasteiger partial charge in [0, 0.05) is 12.5 Å². The maximum absolute atomic E-state index is 13.3. The van der Waals surface area contributed by atoms with Gasteiger partial charge in [-0.05, 0) is 12.0 Å². The second-order valence-corrected chi connectivity index (χ2v) is 3.83. The molecule has 0 aliphatic carbocycles. The van der Waals surface area contributed by atoms with Gasteiger partial charge in [0.1, 0.15) is 6.29 Å². The van der Waals surface area contributed by atoms with Crippen molar-refractivity contribution < 1.29 is 18.4 Å². The minimum atomic E-state index is -3.47. The molecular weight excluding hydrogens is 228 g/mol. The monoisotopic (exact) mass is 241 g/mol. The van der Waals surface area contributed by atoms with E-state index in [0.29, 0.717) is 11.8 Å². The maximum atomic E-state index is 13.3. The van der Waals surface area contributed by atoms with Gasteiger partial charge < -0.3 is 10.5 Å². The molecule has 1 atom stereocenters. The first-order valence-electron chi connectivity index (χ1n) is 5.07. The molecule has 0 aromatic heterocycles. The van der Waals surface area contributed by atoms with E-state index in [0.717, 1.165) is 6.92 Å². The molecule has 0 aliphatic heterocycles. The van der Waals surface area contributed by atoms with Crippen LogP contribution in [0.4, 0.5) is 8.78 Å². The summed E-state index contributed by atoms with van der Waals surface area (Å²) in [4.78, 5) is 21.1. The highest BCUT2D eigenvalue weighted by Gasteiger charge is 2.37.